The average molecular weight is 432 g/mol. The number of hydrogen-bond acceptors (Lipinski definition) is 6. The predicted octanol–water partition coefficient (Wildman–Crippen LogP) is 2.33. The Labute approximate surface area is 184 Å². The van der Waals surface area contributed by atoms with Gasteiger partial charge < -0.3 is 4.74 Å². The fourth-order valence-corrected chi connectivity index (χ4v) is 3.43. The molecular weight excluding hydrogens is 408 g/mol. The number of imidazole rings is 1. The van der Waals surface area contributed by atoms with Gasteiger partial charge in [0, 0.05) is 14.1 Å². The summed E-state index contributed by atoms with van der Waals surface area (Å²) < 4.78 is 9.63. The highest BCUT2D eigenvalue weighted by atomic mass is 16.5. The van der Waals surface area contributed by atoms with Gasteiger partial charge in [-0.15, -0.1) is 0 Å². The SMILES string of the molecule is CCOc1ccc(/C=N\Nc2nc3c(c(=O)n(C)c(=O)n3C)n2Cc2ccccc2)cc1. The zero-order valence-electron chi connectivity index (χ0n) is 18.1. The highest BCUT2D eigenvalue weighted by molar-refractivity contribution is 5.80. The summed E-state index contributed by atoms with van der Waals surface area (Å²) in [6.45, 7) is 2.93. The fourth-order valence-electron chi connectivity index (χ4n) is 3.43. The number of nitrogens with one attached hydrogen (secondary N) is 1. The molecule has 0 aliphatic carbocycles. The third-order valence-corrected chi connectivity index (χ3v) is 5.10. The van der Waals surface area contributed by atoms with Gasteiger partial charge in [-0.3, -0.25) is 18.5 Å². The Hall–Kier alpha value is -4.14. The van der Waals surface area contributed by atoms with E-state index in [2.05, 4.69) is 15.5 Å². The van der Waals surface area contributed by atoms with Crippen molar-refractivity contribution in [3.8, 4) is 5.75 Å². The van der Waals surface area contributed by atoms with Gasteiger partial charge in [-0.25, -0.2) is 10.2 Å². The summed E-state index contributed by atoms with van der Waals surface area (Å²) in [4.78, 5) is 29.8. The van der Waals surface area contributed by atoms with E-state index in [1.807, 2.05) is 61.5 Å². The van der Waals surface area contributed by atoms with Gasteiger partial charge in [0.25, 0.3) is 5.56 Å². The second-order valence-electron chi connectivity index (χ2n) is 7.26. The maximum absolute atomic E-state index is 12.9. The molecule has 0 saturated carbocycles. The minimum atomic E-state index is -0.434. The molecule has 0 unspecified atom stereocenters. The number of ether oxygens (including phenoxy) is 1. The molecule has 0 bridgehead atoms. The molecule has 2 heterocycles. The average Bonchev–Trinajstić information content (AvgIpc) is 3.16. The Balaban J connectivity index is 1.73. The fraction of sp³-hybridized carbons (Fsp3) is 0.217. The molecule has 9 heteroatoms. The van der Waals surface area contributed by atoms with Crippen molar-refractivity contribution in [3.05, 3.63) is 86.6 Å². The van der Waals surface area contributed by atoms with Crippen molar-refractivity contribution < 1.29 is 4.74 Å². The predicted molar refractivity (Wildman–Crippen MR) is 125 cm³/mol. The van der Waals surface area contributed by atoms with E-state index in [0.717, 1.165) is 21.4 Å². The molecule has 2 aromatic carbocycles. The second kappa shape index (κ2) is 8.93. The van der Waals surface area contributed by atoms with Gasteiger partial charge in [0.05, 0.1) is 19.4 Å². The molecule has 0 saturated heterocycles. The van der Waals surface area contributed by atoms with Crippen LogP contribution in [0.5, 0.6) is 5.75 Å². The van der Waals surface area contributed by atoms with Crippen molar-refractivity contribution >= 4 is 23.3 Å². The van der Waals surface area contributed by atoms with Crippen molar-refractivity contribution in [1.82, 2.24) is 18.7 Å². The van der Waals surface area contributed by atoms with Gasteiger partial charge in [-0.2, -0.15) is 10.1 Å². The van der Waals surface area contributed by atoms with E-state index in [4.69, 9.17) is 4.74 Å². The smallest absolute Gasteiger partial charge is 0.332 e. The van der Waals surface area contributed by atoms with Crippen LogP contribution in [0.1, 0.15) is 18.1 Å². The van der Waals surface area contributed by atoms with Crippen LogP contribution in [0, 0.1) is 0 Å². The van der Waals surface area contributed by atoms with E-state index in [1.54, 1.807) is 17.8 Å². The maximum Gasteiger partial charge on any atom is 0.332 e. The Morgan fingerprint density at radius 2 is 1.75 bits per heavy atom. The molecule has 0 fully saturated rings. The van der Waals surface area contributed by atoms with Crippen LogP contribution in [0.2, 0.25) is 0 Å². The van der Waals surface area contributed by atoms with Crippen LogP contribution >= 0.6 is 0 Å². The van der Waals surface area contributed by atoms with Crippen LogP contribution in [-0.4, -0.2) is 31.5 Å². The Kier molecular flexibility index (Phi) is 5.89. The molecule has 4 aromatic rings. The van der Waals surface area contributed by atoms with Crippen LogP contribution in [0.25, 0.3) is 11.2 Å². The molecule has 164 valence electrons. The van der Waals surface area contributed by atoms with E-state index in [9.17, 15) is 9.59 Å². The summed E-state index contributed by atoms with van der Waals surface area (Å²) in [5, 5.41) is 4.29. The molecular formula is C23H24N6O3. The standard InChI is InChI=1S/C23H24N6O3/c1-4-32-18-12-10-16(11-13-18)14-24-26-22-25-20-19(21(30)28(3)23(31)27(20)2)29(22)15-17-8-6-5-7-9-17/h5-14H,4,15H2,1-3H3,(H,25,26)/b24-14-. The lowest BCUT2D eigenvalue weighted by molar-refractivity contribution is 0.340. The Morgan fingerprint density at radius 1 is 1.03 bits per heavy atom. The molecule has 0 radical (unpaired) electrons. The van der Waals surface area contributed by atoms with E-state index in [1.165, 1.54) is 11.6 Å². The number of rotatable bonds is 7. The van der Waals surface area contributed by atoms with Gasteiger partial charge in [-0.05, 0) is 42.3 Å². The van der Waals surface area contributed by atoms with Gasteiger partial charge >= 0.3 is 5.69 Å². The quantitative estimate of drug-likeness (QED) is 0.357. The Bertz CT molecular complexity index is 1380. The van der Waals surface area contributed by atoms with Crippen molar-refractivity contribution in [2.75, 3.05) is 12.0 Å². The number of aryl methyl sites for hydroxylation is 1. The summed E-state index contributed by atoms with van der Waals surface area (Å²) in [6, 6.07) is 17.2. The molecule has 2 aromatic heterocycles. The van der Waals surface area contributed by atoms with Crippen molar-refractivity contribution in [3.63, 3.8) is 0 Å². The number of hydrazone groups is 1. The van der Waals surface area contributed by atoms with E-state index in [-0.39, 0.29) is 0 Å². The minimum absolute atomic E-state index is 0.299. The van der Waals surface area contributed by atoms with Crippen LogP contribution in [0.3, 0.4) is 0 Å². The molecule has 0 aliphatic rings. The highest BCUT2D eigenvalue weighted by Crippen LogP contribution is 2.18. The van der Waals surface area contributed by atoms with Crippen LogP contribution in [-0.2, 0) is 20.6 Å². The van der Waals surface area contributed by atoms with Crippen LogP contribution in [0.15, 0.2) is 69.3 Å². The van der Waals surface area contributed by atoms with Crippen molar-refractivity contribution in [2.24, 2.45) is 19.2 Å². The first-order chi connectivity index (χ1) is 15.5. The lowest BCUT2D eigenvalue weighted by atomic mass is 10.2. The topological polar surface area (TPSA) is 95.4 Å². The largest absolute Gasteiger partial charge is 0.494 e. The molecule has 4 rings (SSSR count). The molecule has 1 N–H and O–H groups in total. The summed E-state index contributed by atoms with van der Waals surface area (Å²) >= 11 is 0. The normalized spacial score (nSPS) is 11.3. The first-order valence-electron chi connectivity index (χ1n) is 10.2. The number of hydrogen-bond donors (Lipinski definition) is 1. The van der Waals surface area contributed by atoms with Gasteiger partial charge in [0.2, 0.25) is 5.95 Å². The number of nitrogens with zero attached hydrogens (tertiary/aromatic N) is 5. The van der Waals surface area contributed by atoms with Crippen molar-refractivity contribution in [2.45, 2.75) is 13.5 Å². The van der Waals surface area contributed by atoms with Crippen LogP contribution in [0.4, 0.5) is 5.95 Å². The molecule has 0 atom stereocenters. The zero-order chi connectivity index (χ0) is 22.7. The monoisotopic (exact) mass is 432 g/mol. The number of aromatic nitrogens is 4. The summed E-state index contributed by atoms with van der Waals surface area (Å²) in [5.41, 5.74) is 4.58. The highest BCUT2D eigenvalue weighted by Gasteiger charge is 2.19. The number of benzene rings is 2. The first kappa shape index (κ1) is 21.1. The lowest BCUT2D eigenvalue weighted by Crippen LogP contribution is -2.37. The van der Waals surface area contributed by atoms with E-state index < -0.39 is 11.2 Å². The summed E-state index contributed by atoms with van der Waals surface area (Å²) in [6.07, 6.45) is 1.65. The summed E-state index contributed by atoms with van der Waals surface area (Å²) in [5.74, 6) is 1.16. The maximum atomic E-state index is 12.9. The molecule has 9 nitrogen and oxygen atoms in total. The van der Waals surface area contributed by atoms with Crippen LogP contribution < -0.4 is 21.4 Å². The van der Waals surface area contributed by atoms with Gasteiger partial charge in [-0.1, -0.05) is 30.3 Å². The van der Waals surface area contributed by atoms with Crippen molar-refractivity contribution in [1.29, 1.82) is 0 Å². The molecule has 0 aliphatic heterocycles. The molecule has 0 spiro atoms. The van der Waals surface area contributed by atoms with Gasteiger partial charge in [0.1, 0.15) is 5.75 Å². The van der Waals surface area contributed by atoms with E-state index >= 15 is 0 Å². The first-order valence-corrected chi connectivity index (χ1v) is 10.2. The summed E-state index contributed by atoms with van der Waals surface area (Å²) in [7, 11) is 3.05. The zero-order valence-corrected chi connectivity index (χ0v) is 18.1. The number of anilines is 1. The Morgan fingerprint density at radius 3 is 2.44 bits per heavy atom. The second-order valence-corrected chi connectivity index (χ2v) is 7.26. The molecule has 0 amide bonds. The van der Waals surface area contributed by atoms with Gasteiger partial charge in [0.15, 0.2) is 11.2 Å². The third kappa shape index (κ3) is 4.04. The molecule has 32 heavy (non-hydrogen) atoms. The minimum Gasteiger partial charge on any atom is -0.494 e. The number of fused-ring (bicyclic) bond motifs is 1. The third-order valence-electron chi connectivity index (χ3n) is 5.10. The van der Waals surface area contributed by atoms with E-state index in [0.29, 0.717) is 30.3 Å². The lowest BCUT2D eigenvalue weighted by Gasteiger charge is -2.09.